The number of nitrogens with one attached hydrogen (secondary N) is 1. The molecule has 1 N–H and O–H groups in total. The summed E-state index contributed by atoms with van der Waals surface area (Å²) in [5.41, 5.74) is 4.70. The molecule has 3 aromatic rings. The molecule has 0 fully saturated rings. The first-order chi connectivity index (χ1) is 15.1. The minimum absolute atomic E-state index is 0.153. The van der Waals surface area contributed by atoms with Crippen molar-refractivity contribution in [3.8, 4) is 23.0 Å². The Morgan fingerprint density at radius 3 is 2.74 bits per heavy atom. The highest BCUT2D eigenvalue weighted by Crippen LogP contribution is 2.37. The highest BCUT2D eigenvalue weighted by molar-refractivity contribution is 9.10. The predicted molar refractivity (Wildman–Crippen MR) is 119 cm³/mol. The summed E-state index contributed by atoms with van der Waals surface area (Å²) in [5, 5.41) is 4.04. The SMILES string of the molecule is COc1cc(C=NNC(=O)c2ccc3c(c2)OCO3)cc(Br)c1OCc1ccccc1. The van der Waals surface area contributed by atoms with Gasteiger partial charge in [0.2, 0.25) is 6.79 Å². The molecular weight excluding hydrogens is 464 g/mol. The lowest BCUT2D eigenvalue weighted by molar-refractivity contribution is 0.0954. The zero-order valence-corrected chi connectivity index (χ0v) is 18.2. The fourth-order valence-electron chi connectivity index (χ4n) is 2.95. The number of hydrazone groups is 1. The number of methoxy groups -OCH3 is 1. The summed E-state index contributed by atoms with van der Waals surface area (Å²) in [6.45, 7) is 0.565. The Morgan fingerprint density at radius 2 is 1.94 bits per heavy atom. The van der Waals surface area contributed by atoms with Crippen molar-refractivity contribution in [3.05, 3.63) is 81.8 Å². The number of benzene rings is 3. The zero-order chi connectivity index (χ0) is 21.6. The summed E-state index contributed by atoms with van der Waals surface area (Å²) < 4.78 is 22.6. The van der Waals surface area contributed by atoms with Gasteiger partial charge in [-0.3, -0.25) is 4.79 Å². The number of carbonyl (C=O) groups is 1. The zero-order valence-electron chi connectivity index (χ0n) is 16.6. The van der Waals surface area contributed by atoms with Gasteiger partial charge in [0, 0.05) is 5.56 Å². The van der Waals surface area contributed by atoms with Crippen LogP contribution in [0.25, 0.3) is 0 Å². The van der Waals surface area contributed by atoms with Crippen LogP contribution in [0, 0.1) is 0 Å². The van der Waals surface area contributed by atoms with Crippen LogP contribution >= 0.6 is 15.9 Å². The minimum atomic E-state index is -0.358. The maximum absolute atomic E-state index is 12.3. The monoisotopic (exact) mass is 482 g/mol. The third-order valence-corrected chi connectivity index (χ3v) is 5.08. The maximum atomic E-state index is 12.3. The van der Waals surface area contributed by atoms with Crippen LogP contribution in [0.2, 0.25) is 0 Å². The number of amides is 1. The van der Waals surface area contributed by atoms with Crippen molar-refractivity contribution >= 4 is 28.1 Å². The smallest absolute Gasteiger partial charge is 0.271 e. The maximum Gasteiger partial charge on any atom is 0.271 e. The molecule has 31 heavy (non-hydrogen) atoms. The molecule has 8 heteroatoms. The third-order valence-electron chi connectivity index (χ3n) is 4.49. The van der Waals surface area contributed by atoms with E-state index in [1.807, 2.05) is 36.4 Å². The number of nitrogens with zero attached hydrogens (tertiary/aromatic N) is 1. The van der Waals surface area contributed by atoms with Crippen LogP contribution in [-0.4, -0.2) is 26.0 Å². The van der Waals surface area contributed by atoms with Gasteiger partial charge in [-0.15, -0.1) is 0 Å². The molecule has 7 nitrogen and oxygen atoms in total. The van der Waals surface area contributed by atoms with E-state index in [-0.39, 0.29) is 12.7 Å². The highest BCUT2D eigenvalue weighted by Gasteiger charge is 2.16. The quantitative estimate of drug-likeness (QED) is 0.395. The number of fused-ring (bicyclic) bond motifs is 1. The first-order valence-corrected chi connectivity index (χ1v) is 10.2. The number of rotatable bonds is 7. The molecule has 4 rings (SSSR count). The predicted octanol–water partition coefficient (Wildman–Crippen LogP) is 4.53. The van der Waals surface area contributed by atoms with Crippen molar-refractivity contribution in [1.82, 2.24) is 5.43 Å². The first-order valence-electron chi connectivity index (χ1n) is 9.41. The lowest BCUT2D eigenvalue weighted by atomic mass is 10.2. The van der Waals surface area contributed by atoms with E-state index >= 15 is 0 Å². The van der Waals surface area contributed by atoms with Crippen LogP contribution in [0.1, 0.15) is 21.5 Å². The molecular formula is C23H19BrN2O5. The number of hydrogen-bond acceptors (Lipinski definition) is 6. The van der Waals surface area contributed by atoms with Crippen LogP contribution in [0.5, 0.6) is 23.0 Å². The number of carbonyl (C=O) groups excluding carboxylic acids is 1. The van der Waals surface area contributed by atoms with Gasteiger partial charge < -0.3 is 18.9 Å². The Labute approximate surface area is 187 Å². The molecule has 158 valence electrons. The lowest BCUT2D eigenvalue weighted by Gasteiger charge is -2.13. The van der Waals surface area contributed by atoms with E-state index in [1.165, 1.54) is 6.21 Å². The summed E-state index contributed by atoms with van der Waals surface area (Å²) >= 11 is 3.52. The van der Waals surface area contributed by atoms with Crippen molar-refractivity contribution in [2.45, 2.75) is 6.61 Å². The van der Waals surface area contributed by atoms with E-state index in [9.17, 15) is 4.79 Å². The molecule has 1 amide bonds. The number of halogens is 1. The van der Waals surface area contributed by atoms with E-state index in [0.29, 0.717) is 39.6 Å². The average molecular weight is 483 g/mol. The Hall–Kier alpha value is -3.52. The van der Waals surface area contributed by atoms with Crippen molar-refractivity contribution in [2.75, 3.05) is 13.9 Å². The third kappa shape index (κ3) is 4.97. The molecule has 0 bridgehead atoms. The molecule has 3 aromatic carbocycles. The van der Waals surface area contributed by atoms with Crippen LogP contribution in [-0.2, 0) is 6.61 Å². The van der Waals surface area contributed by atoms with E-state index in [1.54, 1.807) is 31.4 Å². The van der Waals surface area contributed by atoms with Gasteiger partial charge in [-0.2, -0.15) is 5.10 Å². The molecule has 0 unspecified atom stereocenters. The van der Waals surface area contributed by atoms with Gasteiger partial charge in [-0.05, 0) is 57.4 Å². The Morgan fingerprint density at radius 1 is 1.13 bits per heavy atom. The highest BCUT2D eigenvalue weighted by atomic mass is 79.9. The van der Waals surface area contributed by atoms with Crippen molar-refractivity contribution < 1.29 is 23.7 Å². The average Bonchev–Trinajstić information content (AvgIpc) is 3.26. The summed E-state index contributed by atoms with van der Waals surface area (Å²) in [6, 6.07) is 18.4. The Bertz CT molecular complexity index is 1120. The first kappa shape index (κ1) is 20.7. The summed E-state index contributed by atoms with van der Waals surface area (Å²) in [6.07, 6.45) is 1.53. The number of ether oxygens (including phenoxy) is 4. The Kier molecular flexibility index (Phi) is 6.37. The molecule has 0 saturated carbocycles. The molecule has 0 saturated heterocycles. The molecule has 0 aliphatic carbocycles. The van der Waals surface area contributed by atoms with Gasteiger partial charge in [0.15, 0.2) is 23.0 Å². The molecule has 1 aliphatic rings. The topological polar surface area (TPSA) is 78.4 Å². The second-order valence-electron chi connectivity index (χ2n) is 6.58. The van der Waals surface area contributed by atoms with Gasteiger partial charge in [-0.25, -0.2) is 5.43 Å². The van der Waals surface area contributed by atoms with Gasteiger partial charge in [0.25, 0.3) is 5.91 Å². The van der Waals surface area contributed by atoms with Crippen molar-refractivity contribution in [2.24, 2.45) is 5.10 Å². The van der Waals surface area contributed by atoms with Crippen molar-refractivity contribution in [3.63, 3.8) is 0 Å². The number of hydrogen-bond donors (Lipinski definition) is 1. The van der Waals surface area contributed by atoms with Crippen LogP contribution in [0.15, 0.2) is 70.2 Å². The standard InChI is InChI=1S/C23H19BrN2O5/c1-28-21-10-16(9-18(24)22(21)29-13-15-5-3-2-4-6-15)12-25-26-23(27)17-7-8-19-20(11-17)31-14-30-19/h2-12H,13-14H2,1H3,(H,26,27). The minimum Gasteiger partial charge on any atom is -0.493 e. The molecule has 0 atom stereocenters. The van der Waals surface area contributed by atoms with Crippen LogP contribution in [0.3, 0.4) is 0 Å². The van der Waals surface area contributed by atoms with E-state index in [4.69, 9.17) is 18.9 Å². The Balaban J connectivity index is 1.42. The van der Waals surface area contributed by atoms with E-state index in [0.717, 1.165) is 11.1 Å². The lowest BCUT2D eigenvalue weighted by Crippen LogP contribution is -2.17. The molecule has 0 aromatic heterocycles. The summed E-state index contributed by atoms with van der Waals surface area (Å²) in [5.74, 6) is 1.94. The molecule has 1 heterocycles. The van der Waals surface area contributed by atoms with Gasteiger partial charge in [0.05, 0.1) is 17.8 Å². The van der Waals surface area contributed by atoms with Gasteiger partial charge >= 0.3 is 0 Å². The summed E-state index contributed by atoms with van der Waals surface area (Å²) in [4.78, 5) is 12.3. The molecule has 0 spiro atoms. The fourth-order valence-corrected chi connectivity index (χ4v) is 3.53. The van der Waals surface area contributed by atoms with E-state index in [2.05, 4.69) is 26.5 Å². The fraction of sp³-hybridized carbons (Fsp3) is 0.130. The second kappa shape index (κ2) is 9.53. The van der Waals surface area contributed by atoms with Crippen LogP contribution in [0.4, 0.5) is 0 Å². The van der Waals surface area contributed by atoms with Gasteiger partial charge in [0.1, 0.15) is 6.61 Å². The van der Waals surface area contributed by atoms with Gasteiger partial charge in [-0.1, -0.05) is 30.3 Å². The normalized spacial score (nSPS) is 12.1. The molecule has 1 aliphatic heterocycles. The second-order valence-corrected chi connectivity index (χ2v) is 7.43. The van der Waals surface area contributed by atoms with Crippen molar-refractivity contribution in [1.29, 1.82) is 0 Å². The van der Waals surface area contributed by atoms with Crippen LogP contribution < -0.4 is 24.4 Å². The summed E-state index contributed by atoms with van der Waals surface area (Å²) in [7, 11) is 1.57. The van der Waals surface area contributed by atoms with E-state index < -0.39 is 0 Å². The molecule has 0 radical (unpaired) electrons. The largest absolute Gasteiger partial charge is 0.493 e.